The van der Waals surface area contributed by atoms with E-state index in [1.165, 1.54) is 0 Å². The summed E-state index contributed by atoms with van der Waals surface area (Å²) < 4.78 is 13.9. The highest BCUT2D eigenvalue weighted by atomic mass is 35.6. The van der Waals surface area contributed by atoms with Crippen molar-refractivity contribution in [3.05, 3.63) is 71.8 Å². The third-order valence-corrected chi connectivity index (χ3v) is 4.11. The predicted molar refractivity (Wildman–Crippen MR) is 113 cm³/mol. The molecule has 0 saturated heterocycles. The first-order valence-corrected chi connectivity index (χ1v) is 9.91. The quantitative estimate of drug-likeness (QED) is 0.298. The maximum Gasteiger partial charge on any atom is 0.408 e. The molecule has 0 aliphatic rings. The van der Waals surface area contributed by atoms with Crippen LogP contribution in [0.3, 0.4) is 0 Å². The minimum atomic E-state index is -1.67. The van der Waals surface area contributed by atoms with Crippen LogP contribution in [0.2, 0.25) is 0 Å². The highest BCUT2D eigenvalue weighted by molar-refractivity contribution is 6.67. The molecule has 10 heteroatoms. The van der Waals surface area contributed by atoms with Crippen molar-refractivity contribution in [3.8, 4) is 0 Å². The molecule has 2 N–H and O–H groups in total. The zero-order valence-corrected chi connectivity index (χ0v) is 17.9. The lowest BCUT2D eigenvalue weighted by Crippen LogP contribution is -2.42. The van der Waals surface area contributed by atoms with Gasteiger partial charge in [0.15, 0.2) is 6.10 Å². The van der Waals surface area contributed by atoms with Gasteiger partial charge >= 0.3 is 12.1 Å². The molecule has 0 aliphatic heterocycles. The number of nitrogens with one attached hydrogen (secondary N) is 1. The number of carbonyl (C=O) groups excluding carboxylic acids is 1. The van der Waals surface area contributed by atoms with E-state index in [0.29, 0.717) is 5.56 Å². The molecule has 1 amide bonds. The van der Waals surface area contributed by atoms with Crippen molar-refractivity contribution in [1.82, 2.24) is 5.32 Å². The molecule has 2 atom stereocenters. The highest BCUT2D eigenvalue weighted by Crippen LogP contribution is 2.26. The van der Waals surface area contributed by atoms with Crippen LogP contribution in [-0.2, 0) is 25.6 Å². The number of rotatable bonds is 10. The summed E-state index contributed by atoms with van der Waals surface area (Å²) in [5.74, 6) is -1.32. The summed E-state index contributed by atoms with van der Waals surface area (Å²) in [6.45, 7) is -0.735. The SMILES string of the molecule is O=C(NC(c1ccccc1)C(OCOCC(Cl)(Cl)Cl)C(=O)O)OCc1ccccc1. The Bertz CT molecular complexity index is 801. The fraction of sp³-hybridized carbons (Fsp3) is 0.300. The Morgan fingerprint density at radius 2 is 1.60 bits per heavy atom. The van der Waals surface area contributed by atoms with E-state index in [1.807, 2.05) is 18.2 Å². The average molecular weight is 477 g/mol. The highest BCUT2D eigenvalue weighted by Gasteiger charge is 2.33. The van der Waals surface area contributed by atoms with Gasteiger partial charge in [-0.05, 0) is 11.1 Å². The number of carboxylic acid groups (broad SMARTS) is 1. The van der Waals surface area contributed by atoms with Gasteiger partial charge in [-0.2, -0.15) is 0 Å². The van der Waals surface area contributed by atoms with Gasteiger partial charge in [-0.1, -0.05) is 95.5 Å². The fourth-order valence-corrected chi connectivity index (χ4v) is 2.71. The second-order valence-corrected chi connectivity index (χ2v) is 8.62. The summed E-state index contributed by atoms with van der Waals surface area (Å²) in [7, 11) is 0. The Morgan fingerprint density at radius 3 is 2.17 bits per heavy atom. The largest absolute Gasteiger partial charge is 0.479 e. The maximum atomic E-state index is 12.3. The molecule has 0 heterocycles. The van der Waals surface area contributed by atoms with Gasteiger partial charge in [0.05, 0.1) is 12.6 Å². The van der Waals surface area contributed by atoms with Crippen molar-refractivity contribution >= 4 is 46.9 Å². The number of hydrogen-bond donors (Lipinski definition) is 2. The van der Waals surface area contributed by atoms with Gasteiger partial charge in [0, 0.05) is 0 Å². The number of alkyl carbamates (subject to hydrolysis) is 1. The standard InChI is InChI=1S/C20H20Cl3NO6/c21-20(22,23)12-28-13-30-17(18(25)26)16(15-9-5-2-6-10-15)24-19(27)29-11-14-7-3-1-4-8-14/h1-10,16-17H,11-13H2,(H,24,27)(H,25,26). The molecule has 0 spiro atoms. The Balaban J connectivity index is 2.06. The number of amides is 1. The zero-order valence-electron chi connectivity index (χ0n) is 15.7. The summed E-state index contributed by atoms with van der Waals surface area (Å²) in [6.07, 6.45) is -2.28. The van der Waals surface area contributed by atoms with Gasteiger partial charge in [-0.25, -0.2) is 9.59 Å². The molecule has 2 rings (SSSR count). The van der Waals surface area contributed by atoms with Gasteiger partial charge in [0.2, 0.25) is 3.79 Å². The van der Waals surface area contributed by atoms with Crippen LogP contribution in [0.25, 0.3) is 0 Å². The van der Waals surface area contributed by atoms with Crippen LogP contribution >= 0.6 is 34.8 Å². The molecule has 0 radical (unpaired) electrons. The average Bonchev–Trinajstić information content (AvgIpc) is 2.71. The molecular formula is C20H20Cl3NO6. The summed E-state index contributed by atoms with van der Waals surface area (Å²) in [4.78, 5) is 24.1. The Morgan fingerprint density at radius 1 is 1.00 bits per heavy atom. The van der Waals surface area contributed by atoms with E-state index in [4.69, 9.17) is 49.0 Å². The number of benzene rings is 2. The van der Waals surface area contributed by atoms with Gasteiger partial charge in [0.1, 0.15) is 13.4 Å². The van der Waals surface area contributed by atoms with Gasteiger partial charge in [-0.3, -0.25) is 0 Å². The molecule has 2 unspecified atom stereocenters. The Hall–Kier alpha value is -2.03. The molecule has 2 aromatic rings. The smallest absolute Gasteiger partial charge is 0.408 e. The first kappa shape index (κ1) is 24.2. The van der Waals surface area contributed by atoms with E-state index in [0.717, 1.165) is 5.56 Å². The first-order chi connectivity index (χ1) is 14.3. The van der Waals surface area contributed by atoms with Crippen LogP contribution in [0.1, 0.15) is 17.2 Å². The number of ether oxygens (including phenoxy) is 3. The minimum Gasteiger partial charge on any atom is -0.479 e. The molecule has 0 fully saturated rings. The number of carbonyl (C=O) groups is 2. The molecule has 0 aromatic heterocycles. The van der Waals surface area contributed by atoms with Crippen molar-refractivity contribution in [2.75, 3.05) is 13.4 Å². The zero-order chi connectivity index (χ0) is 22.0. The third kappa shape index (κ3) is 8.77. The van der Waals surface area contributed by atoms with E-state index in [1.54, 1.807) is 42.5 Å². The van der Waals surface area contributed by atoms with Crippen LogP contribution in [0.4, 0.5) is 4.79 Å². The monoisotopic (exact) mass is 475 g/mol. The molecule has 0 saturated carbocycles. The van der Waals surface area contributed by atoms with Gasteiger partial charge in [0.25, 0.3) is 0 Å². The first-order valence-electron chi connectivity index (χ1n) is 8.77. The van der Waals surface area contributed by atoms with Crippen LogP contribution in [0, 0.1) is 0 Å². The summed E-state index contributed by atoms with van der Waals surface area (Å²) >= 11 is 16.8. The predicted octanol–water partition coefficient (Wildman–Crippen LogP) is 4.47. The van der Waals surface area contributed by atoms with Crippen molar-refractivity contribution in [2.24, 2.45) is 0 Å². The van der Waals surface area contributed by atoms with E-state index in [-0.39, 0.29) is 13.2 Å². The molecule has 30 heavy (non-hydrogen) atoms. The summed E-state index contributed by atoms with van der Waals surface area (Å²) in [6, 6.07) is 16.5. The molecule has 162 valence electrons. The van der Waals surface area contributed by atoms with Gasteiger partial charge < -0.3 is 24.6 Å². The molecular weight excluding hydrogens is 457 g/mol. The van der Waals surface area contributed by atoms with Crippen LogP contribution in [0.15, 0.2) is 60.7 Å². The van der Waals surface area contributed by atoms with Crippen molar-refractivity contribution < 1.29 is 28.9 Å². The number of aliphatic carboxylic acids is 1. The second-order valence-electron chi connectivity index (χ2n) is 6.10. The summed E-state index contributed by atoms with van der Waals surface area (Å²) in [5.41, 5.74) is 1.29. The van der Waals surface area contributed by atoms with Crippen molar-refractivity contribution in [3.63, 3.8) is 0 Å². The topological polar surface area (TPSA) is 94.1 Å². The Labute approximate surface area is 188 Å². The normalized spacial score (nSPS) is 13.3. The molecule has 2 aromatic carbocycles. The molecule has 7 nitrogen and oxygen atoms in total. The Kier molecular flexibility index (Phi) is 9.68. The van der Waals surface area contributed by atoms with Crippen LogP contribution in [-0.4, -0.2) is 40.5 Å². The van der Waals surface area contributed by atoms with E-state index in [9.17, 15) is 14.7 Å². The van der Waals surface area contributed by atoms with Gasteiger partial charge in [-0.15, -0.1) is 0 Å². The number of carboxylic acids is 1. The third-order valence-electron chi connectivity index (χ3n) is 3.79. The lowest BCUT2D eigenvalue weighted by molar-refractivity contribution is -0.164. The number of alkyl halides is 3. The van der Waals surface area contributed by atoms with E-state index >= 15 is 0 Å². The lowest BCUT2D eigenvalue weighted by Gasteiger charge is -2.25. The summed E-state index contributed by atoms with van der Waals surface area (Å²) in [5, 5.41) is 12.2. The molecule has 0 aliphatic carbocycles. The number of halogens is 3. The van der Waals surface area contributed by atoms with E-state index in [2.05, 4.69) is 5.32 Å². The lowest BCUT2D eigenvalue weighted by atomic mass is 10.0. The van der Waals surface area contributed by atoms with Crippen molar-refractivity contribution in [1.29, 1.82) is 0 Å². The minimum absolute atomic E-state index is 0.0269. The maximum absolute atomic E-state index is 12.3. The second kappa shape index (κ2) is 12.0. The molecule has 0 bridgehead atoms. The van der Waals surface area contributed by atoms with Crippen LogP contribution in [0.5, 0.6) is 0 Å². The fourth-order valence-electron chi connectivity index (χ4n) is 2.47. The number of hydrogen-bond acceptors (Lipinski definition) is 5. The van der Waals surface area contributed by atoms with Crippen LogP contribution < -0.4 is 5.32 Å². The van der Waals surface area contributed by atoms with E-state index < -0.39 is 34.8 Å². The van der Waals surface area contributed by atoms with Crippen molar-refractivity contribution in [2.45, 2.75) is 22.5 Å².